The molecule has 1 fully saturated rings. The van der Waals surface area contributed by atoms with Crippen LogP contribution >= 0.6 is 0 Å². The van der Waals surface area contributed by atoms with Crippen LogP contribution in [0, 0.1) is 5.92 Å². The van der Waals surface area contributed by atoms with Crippen molar-refractivity contribution in [2.75, 3.05) is 24.8 Å². The number of aromatic nitrogens is 1. The summed E-state index contributed by atoms with van der Waals surface area (Å²) in [6.07, 6.45) is 11.3. The molecule has 0 bridgehead atoms. The Labute approximate surface area is 176 Å². The van der Waals surface area contributed by atoms with E-state index >= 15 is 0 Å². The zero-order valence-corrected chi connectivity index (χ0v) is 17.4. The summed E-state index contributed by atoms with van der Waals surface area (Å²) in [5.74, 6) is 0.686. The van der Waals surface area contributed by atoms with E-state index in [0.29, 0.717) is 18.9 Å². The molecule has 1 aromatic heterocycles. The largest absolute Gasteiger partial charge is 0.365 e. The number of anilines is 1. The van der Waals surface area contributed by atoms with Crippen molar-refractivity contribution in [1.82, 2.24) is 20.1 Å². The van der Waals surface area contributed by atoms with E-state index in [0.717, 1.165) is 49.2 Å². The summed E-state index contributed by atoms with van der Waals surface area (Å²) in [5.41, 5.74) is 2.68. The highest BCUT2D eigenvalue weighted by molar-refractivity contribution is 5.95. The number of pyridine rings is 1. The Bertz CT molecular complexity index is 919. The average Bonchev–Trinajstić information content (AvgIpc) is 2.71. The second kappa shape index (κ2) is 8.30. The van der Waals surface area contributed by atoms with Crippen LogP contribution in [0.2, 0.25) is 0 Å². The average molecular weight is 409 g/mol. The highest BCUT2D eigenvalue weighted by atomic mass is 16.2. The van der Waals surface area contributed by atoms with Crippen LogP contribution in [0.1, 0.15) is 42.6 Å². The van der Waals surface area contributed by atoms with Gasteiger partial charge in [0.2, 0.25) is 5.91 Å². The first kappa shape index (κ1) is 20.1. The first-order valence-corrected chi connectivity index (χ1v) is 10.4. The van der Waals surface area contributed by atoms with Gasteiger partial charge in [-0.2, -0.15) is 0 Å². The van der Waals surface area contributed by atoms with E-state index in [1.54, 1.807) is 16.0 Å². The molecule has 8 nitrogen and oxygen atoms in total. The van der Waals surface area contributed by atoms with Crippen molar-refractivity contribution in [3.63, 3.8) is 0 Å². The number of rotatable bonds is 4. The molecular formula is C22H27N5O3. The molecule has 0 radical (unpaired) electrons. The van der Waals surface area contributed by atoms with Gasteiger partial charge in [-0.25, -0.2) is 4.98 Å². The predicted molar refractivity (Wildman–Crippen MR) is 112 cm³/mol. The molecule has 4 rings (SSSR count). The molecule has 30 heavy (non-hydrogen) atoms. The number of carbonyl (C=O) groups excluding carboxylic acids is 3. The number of allylic oxidation sites excluding steroid dienone is 1. The third kappa shape index (κ3) is 3.94. The van der Waals surface area contributed by atoms with Gasteiger partial charge in [-0.3, -0.25) is 9.59 Å². The Balaban J connectivity index is 1.50. The molecule has 4 heterocycles. The SMILES string of the molecule is CC(=O)N1CN(C(=O)c2cnc3c(c2)CCCN3C2C=CN/C(=C\C(C)C=O)C2)C1. The molecule has 158 valence electrons. The molecule has 8 heteroatoms. The van der Waals surface area contributed by atoms with Gasteiger partial charge in [-0.15, -0.1) is 0 Å². The van der Waals surface area contributed by atoms with Crippen LogP contribution in [0.15, 0.2) is 36.3 Å². The molecule has 1 aromatic rings. The van der Waals surface area contributed by atoms with E-state index in [-0.39, 0.29) is 23.8 Å². The van der Waals surface area contributed by atoms with E-state index < -0.39 is 0 Å². The highest BCUT2D eigenvalue weighted by Gasteiger charge is 2.32. The molecule has 0 saturated carbocycles. The topological polar surface area (TPSA) is 85.8 Å². The molecule has 0 aromatic carbocycles. The van der Waals surface area contributed by atoms with Crippen LogP contribution in [0.3, 0.4) is 0 Å². The lowest BCUT2D eigenvalue weighted by atomic mass is 9.98. The molecule has 2 atom stereocenters. The summed E-state index contributed by atoms with van der Waals surface area (Å²) < 4.78 is 0. The van der Waals surface area contributed by atoms with Crippen LogP contribution in [-0.4, -0.2) is 58.8 Å². The van der Waals surface area contributed by atoms with Gasteiger partial charge in [0.15, 0.2) is 0 Å². The van der Waals surface area contributed by atoms with E-state index in [1.165, 1.54) is 6.92 Å². The zero-order valence-electron chi connectivity index (χ0n) is 17.4. The van der Waals surface area contributed by atoms with Gasteiger partial charge < -0.3 is 24.8 Å². The number of aryl methyl sites for hydroxylation is 1. The van der Waals surface area contributed by atoms with Gasteiger partial charge in [0.1, 0.15) is 12.1 Å². The van der Waals surface area contributed by atoms with Gasteiger partial charge >= 0.3 is 0 Å². The molecule has 2 unspecified atom stereocenters. The van der Waals surface area contributed by atoms with Gasteiger partial charge in [0.25, 0.3) is 5.91 Å². The molecule has 1 N–H and O–H groups in total. The third-order valence-corrected chi connectivity index (χ3v) is 5.82. The van der Waals surface area contributed by atoms with Crippen LogP contribution in [-0.2, 0) is 16.0 Å². The summed E-state index contributed by atoms with van der Waals surface area (Å²) >= 11 is 0. The van der Waals surface area contributed by atoms with Gasteiger partial charge in [0, 0.05) is 37.7 Å². The fourth-order valence-corrected chi connectivity index (χ4v) is 4.12. The Kier molecular flexibility index (Phi) is 5.57. The lowest BCUT2D eigenvalue weighted by molar-refractivity contribution is -0.141. The second-order valence-electron chi connectivity index (χ2n) is 8.15. The summed E-state index contributed by atoms with van der Waals surface area (Å²) in [6.45, 7) is 4.96. The number of amides is 2. The molecular weight excluding hydrogens is 382 g/mol. The molecule has 2 amide bonds. The maximum Gasteiger partial charge on any atom is 0.258 e. The monoisotopic (exact) mass is 409 g/mol. The van der Waals surface area contributed by atoms with Crippen molar-refractivity contribution >= 4 is 23.9 Å². The first-order chi connectivity index (χ1) is 14.5. The lowest BCUT2D eigenvalue weighted by Gasteiger charge is -2.42. The van der Waals surface area contributed by atoms with Crippen LogP contribution in [0.25, 0.3) is 0 Å². The Morgan fingerprint density at radius 2 is 2.10 bits per heavy atom. The number of hydrogen-bond acceptors (Lipinski definition) is 6. The van der Waals surface area contributed by atoms with Crippen molar-refractivity contribution in [3.8, 4) is 0 Å². The molecule has 1 saturated heterocycles. The van der Waals surface area contributed by atoms with Crippen molar-refractivity contribution in [2.45, 2.75) is 39.2 Å². The summed E-state index contributed by atoms with van der Waals surface area (Å²) in [4.78, 5) is 45.2. The van der Waals surface area contributed by atoms with Crippen LogP contribution in [0.4, 0.5) is 5.82 Å². The van der Waals surface area contributed by atoms with Crippen molar-refractivity contribution in [2.24, 2.45) is 5.92 Å². The normalized spacial score (nSPS) is 22.8. The number of aldehydes is 1. The van der Waals surface area contributed by atoms with Crippen LogP contribution in [0.5, 0.6) is 0 Å². The Hall–Kier alpha value is -3.16. The Morgan fingerprint density at radius 1 is 1.30 bits per heavy atom. The minimum atomic E-state index is -0.125. The minimum Gasteiger partial charge on any atom is -0.365 e. The second-order valence-corrected chi connectivity index (χ2v) is 8.15. The maximum absolute atomic E-state index is 12.7. The van der Waals surface area contributed by atoms with Gasteiger partial charge in [0.05, 0.1) is 24.9 Å². The van der Waals surface area contributed by atoms with Crippen molar-refractivity contribution in [3.05, 3.63) is 47.4 Å². The standard InChI is InChI=1S/C22H27N5O3/c1-15(12-28)8-19-10-20(5-6-23-19)27-7-3-4-17-9-18(11-24-21(17)27)22(30)26-13-25(14-26)16(2)29/h5-6,8-9,11-12,15,20,23H,3-4,7,10,13-14H2,1-2H3/b19-8-. The number of nitrogens with zero attached hydrogens (tertiary/aromatic N) is 4. The third-order valence-electron chi connectivity index (χ3n) is 5.82. The van der Waals surface area contributed by atoms with Crippen molar-refractivity contribution in [1.29, 1.82) is 0 Å². The number of carbonyl (C=O) groups is 3. The number of fused-ring (bicyclic) bond motifs is 1. The maximum atomic E-state index is 12.7. The number of nitrogens with one attached hydrogen (secondary N) is 1. The quantitative estimate of drug-likeness (QED) is 0.761. The van der Waals surface area contributed by atoms with Crippen LogP contribution < -0.4 is 10.2 Å². The molecule has 3 aliphatic heterocycles. The highest BCUT2D eigenvalue weighted by Crippen LogP contribution is 2.31. The fraction of sp³-hybridized carbons (Fsp3) is 0.455. The predicted octanol–water partition coefficient (Wildman–Crippen LogP) is 1.65. The molecule has 0 spiro atoms. The van der Waals surface area contributed by atoms with Crippen molar-refractivity contribution < 1.29 is 14.4 Å². The van der Waals surface area contributed by atoms with E-state index in [4.69, 9.17) is 0 Å². The smallest absolute Gasteiger partial charge is 0.258 e. The summed E-state index contributed by atoms with van der Waals surface area (Å²) in [6, 6.07) is 2.10. The van der Waals surface area contributed by atoms with E-state index in [1.807, 2.05) is 25.3 Å². The fourth-order valence-electron chi connectivity index (χ4n) is 4.12. The van der Waals surface area contributed by atoms with Gasteiger partial charge in [-0.1, -0.05) is 13.0 Å². The Morgan fingerprint density at radius 3 is 2.83 bits per heavy atom. The summed E-state index contributed by atoms with van der Waals surface area (Å²) in [5, 5.41) is 3.23. The molecule has 3 aliphatic rings. The zero-order chi connectivity index (χ0) is 21.3. The summed E-state index contributed by atoms with van der Waals surface area (Å²) in [7, 11) is 0. The van der Waals surface area contributed by atoms with E-state index in [9.17, 15) is 14.4 Å². The molecule has 0 aliphatic carbocycles. The number of hydrogen-bond donors (Lipinski definition) is 1. The minimum absolute atomic E-state index is 0.0239. The van der Waals surface area contributed by atoms with Gasteiger partial charge in [-0.05, 0) is 36.7 Å². The lowest BCUT2D eigenvalue weighted by Crippen LogP contribution is -2.59. The first-order valence-electron chi connectivity index (χ1n) is 10.4. The van der Waals surface area contributed by atoms with E-state index in [2.05, 4.69) is 21.3 Å².